The largest absolute Gasteiger partial charge is 0.486 e. The molecule has 3 aromatic rings. The summed E-state index contributed by atoms with van der Waals surface area (Å²) in [5.74, 6) is -0.154. The van der Waals surface area contributed by atoms with E-state index >= 15 is 0 Å². The van der Waals surface area contributed by atoms with Gasteiger partial charge in [-0.05, 0) is 77.9 Å². The molecule has 1 aliphatic rings. The second kappa shape index (κ2) is 11.8. The molecule has 0 radical (unpaired) electrons. The van der Waals surface area contributed by atoms with E-state index < -0.39 is 29.6 Å². The summed E-state index contributed by atoms with van der Waals surface area (Å²) < 4.78 is 17.3. The van der Waals surface area contributed by atoms with Crippen LogP contribution in [0.1, 0.15) is 58.2 Å². The minimum atomic E-state index is -0.616. The molecule has 210 valence electrons. The molecule has 1 aliphatic heterocycles. The van der Waals surface area contributed by atoms with Crippen LogP contribution >= 0.6 is 0 Å². The second-order valence-corrected chi connectivity index (χ2v) is 10.9. The van der Waals surface area contributed by atoms with Crippen molar-refractivity contribution in [3.05, 3.63) is 88.5 Å². The van der Waals surface area contributed by atoms with Gasteiger partial charge in [0.2, 0.25) is 0 Å². The topological polar surface area (TPSA) is 106 Å². The quantitative estimate of drug-likeness (QED) is 0.307. The molecule has 0 aromatic heterocycles. The van der Waals surface area contributed by atoms with E-state index in [1.165, 1.54) is 0 Å². The highest BCUT2D eigenvalue weighted by molar-refractivity contribution is 6.10. The molecule has 0 spiro atoms. The number of carbonyl (C=O) groups excluding carboxylic acids is 3. The molecule has 0 saturated carbocycles. The van der Waals surface area contributed by atoms with Crippen molar-refractivity contribution in [2.75, 3.05) is 18.5 Å². The van der Waals surface area contributed by atoms with Crippen LogP contribution in [0.2, 0.25) is 0 Å². The normalized spacial score (nSPS) is 14.3. The molecule has 0 aliphatic carbocycles. The van der Waals surface area contributed by atoms with Gasteiger partial charge in [0.25, 0.3) is 11.8 Å². The van der Waals surface area contributed by atoms with E-state index in [1.54, 1.807) is 55.5 Å². The fourth-order valence-corrected chi connectivity index (χ4v) is 4.35. The summed E-state index contributed by atoms with van der Waals surface area (Å²) in [5, 5.41) is 3.71. The maximum atomic E-state index is 13.9. The molecule has 40 heavy (non-hydrogen) atoms. The Kier molecular flexibility index (Phi) is 8.44. The van der Waals surface area contributed by atoms with Crippen molar-refractivity contribution in [3.8, 4) is 11.5 Å². The Labute approximate surface area is 234 Å². The molecular weight excluding hydrogens is 510 g/mol. The molecule has 1 atom stereocenters. The molecule has 1 heterocycles. The summed E-state index contributed by atoms with van der Waals surface area (Å²) in [6.07, 6.45) is -1.20. The molecule has 9 heteroatoms. The Hall–Kier alpha value is -4.37. The van der Waals surface area contributed by atoms with E-state index in [4.69, 9.17) is 14.2 Å². The van der Waals surface area contributed by atoms with Gasteiger partial charge in [-0.1, -0.05) is 35.4 Å². The minimum Gasteiger partial charge on any atom is -0.486 e. The average Bonchev–Trinajstić information content (AvgIpc) is 2.90. The maximum absolute atomic E-state index is 13.9. The highest BCUT2D eigenvalue weighted by Crippen LogP contribution is 2.37. The van der Waals surface area contributed by atoms with E-state index in [9.17, 15) is 14.4 Å². The van der Waals surface area contributed by atoms with Crippen molar-refractivity contribution in [3.63, 3.8) is 0 Å². The smallest absolute Gasteiger partial charge is 0.411 e. The van der Waals surface area contributed by atoms with Crippen molar-refractivity contribution in [1.82, 2.24) is 10.4 Å². The summed E-state index contributed by atoms with van der Waals surface area (Å²) in [6, 6.07) is 17.7. The van der Waals surface area contributed by atoms with Gasteiger partial charge in [-0.2, -0.15) is 0 Å². The number of anilines is 1. The number of hydrogen-bond acceptors (Lipinski definition) is 7. The van der Waals surface area contributed by atoms with Gasteiger partial charge >= 0.3 is 6.09 Å². The summed E-state index contributed by atoms with van der Waals surface area (Å²) >= 11 is 0. The number of para-hydroxylation sites is 1. The van der Waals surface area contributed by atoms with E-state index in [1.807, 2.05) is 46.8 Å². The van der Waals surface area contributed by atoms with Crippen LogP contribution in [0.5, 0.6) is 11.5 Å². The Bertz CT molecular complexity index is 1390. The lowest BCUT2D eigenvalue weighted by Crippen LogP contribution is -2.55. The number of hydrogen-bond donors (Lipinski definition) is 2. The number of fused-ring (bicyclic) bond motifs is 1. The van der Waals surface area contributed by atoms with E-state index in [0.29, 0.717) is 28.3 Å². The third kappa shape index (κ3) is 6.98. The Morgan fingerprint density at radius 1 is 0.950 bits per heavy atom. The molecule has 0 fully saturated rings. The predicted octanol–water partition coefficient (Wildman–Crippen LogP) is 5.59. The zero-order chi connectivity index (χ0) is 29.0. The van der Waals surface area contributed by atoms with Crippen LogP contribution in [-0.4, -0.2) is 47.8 Å². The first-order valence-electron chi connectivity index (χ1n) is 13.1. The first-order valence-corrected chi connectivity index (χ1v) is 13.1. The first-order chi connectivity index (χ1) is 18.9. The Morgan fingerprint density at radius 2 is 1.62 bits per heavy atom. The highest BCUT2D eigenvalue weighted by Gasteiger charge is 2.32. The number of aryl methyl sites for hydroxylation is 2. The fourth-order valence-electron chi connectivity index (χ4n) is 4.35. The Morgan fingerprint density at radius 3 is 2.27 bits per heavy atom. The van der Waals surface area contributed by atoms with Gasteiger partial charge in [-0.25, -0.2) is 15.2 Å². The van der Waals surface area contributed by atoms with Crippen molar-refractivity contribution in [2.24, 2.45) is 0 Å². The number of carbonyl (C=O) groups is 3. The molecule has 4 rings (SSSR count). The highest BCUT2D eigenvalue weighted by atomic mass is 16.6. The number of rotatable bonds is 6. The summed E-state index contributed by atoms with van der Waals surface area (Å²) in [7, 11) is 0. The Balaban J connectivity index is 1.53. The van der Waals surface area contributed by atoms with Gasteiger partial charge in [0, 0.05) is 27.9 Å². The zero-order valence-electron chi connectivity index (χ0n) is 23.7. The number of hydrazine groups is 1. The van der Waals surface area contributed by atoms with Gasteiger partial charge < -0.3 is 14.2 Å². The molecule has 3 aromatic carbocycles. The number of amides is 3. The number of nitrogens with zero attached hydrogens (tertiary/aromatic N) is 1. The van der Waals surface area contributed by atoms with Crippen molar-refractivity contribution < 1.29 is 28.6 Å². The van der Waals surface area contributed by atoms with Crippen LogP contribution < -0.4 is 20.2 Å². The van der Waals surface area contributed by atoms with Crippen LogP contribution in [0.25, 0.3) is 0 Å². The molecule has 1 unspecified atom stereocenters. The molecular formula is C31H35N3O6. The number of imide groups is 1. The van der Waals surface area contributed by atoms with E-state index in [-0.39, 0.29) is 18.8 Å². The van der Waals surface area contributed by atoms with Gasteiger partial charge in [0.1, 0.15) is 13.2 Å². The van der Waals surface area contributed by atoms with Crippen LogP contribution in [0.15, 0.2) is 60.7 Å². The van der Waals surface area contributed by atoms with Crippen LogP contribution in [0.4, 0.5) is 10.5 Å². The molecule has 0 saturated heterocycles. The standard InChI is InChI=1S/C31H35N3O6/c1-19-14-20(2)16-22(15-19)28(35)34(33-31(4,5)6)29(36)25-12-13-26-27(21(25)3)40-24(17-38-26)18-39-30(37)32-23-10-8-7-9-11-23/h7-16,24,33H,17-18H2,1-6H3,(H,32,37). The summed E-state index contributed by atoms with van der Waals surface area (Å²) in [5.41, 5.74) is 6.14. The zero-order valence-corrected chi connectivity index (χ0v) is 23.7. The van der Waals surface area contributed by atoms with Gasteiger partial charge in [-0.3, -0.25) is 14.9 Å². The van der Waals surface area contributed by atoms with Gasteiger partial charge in [0.15, 0.2) is 17.6 Å². The lowest BCUT2D eigenvalue weighted by atomic mass is 10.0. The monoisotopic (exact) mass is 545 g/mol. The third-order valence-electron chi connectivity index (χ3n) is 6.05. The van der Waals surface area contributed by atoms with Gasteiger partial charge in [0.05, 0.1) is 0 Å². The minimum absolute atomic E-state index is 0.0569. The summed E-state index contributed by atoms with van der Waals surface area (Å²) in [4.78, 5) is 39.7. The summed E-state index contributed by atoms with van der Waals surface area (Å²) in [6.45, 7) is 11.3. The average molecular weight is 546 g/mol. The van der Waals surface area contributed by atoms with Crippen molar-refractivity contribution >= 4 is 23.6 Å². The number of benzene rings is 3. The third-order valence-corrected chi connectivity index (χ3v) is 6.05. The fraction of sp³-hybridized carbons (Fsp3) is 0.323. The SMILES string of the molecule is Cc1cc(C)cc(C(=O)N(NC(C)(C)C)C(=O)c2ccc3c(c2C)OC(COC(=O)Nc2ccccc2)CO3)c1. The van der Waals surface area contributed by atoms with E-state index in [2.05, 4.69) is 10.7 Å². The van der Waals surface area contributed by atoms with Crippen molar-refractivity contribution in [1.29, 1.82) is 0 Å². The lowest BCUT2D eigenvalue weighted by molar-refractivity contribution is 0.0363. The van der Waals surface area contributed by atoms with Crippen LogP contribution in [0.3, 0.4) is 0 Å². The predicted molar refractivity (Wildman–Crippen MR) is 152 cm³/mol. The van der Waals surface area contributed by atoms with E-state index in [0.717, 1.165) is 16.1 Å². The number of nitrogens with one attached hydrogen (secondary N) is 2. The molecule has 2 N–H and O–H groups in total. The lowest BCUT2D eigenvalue weighted by Gasteiger charge is -2.32. The first kappa shape index (κ1) is 28.6. The molecule has 0 bridgehead atoms. The van der Waals surface area contributed by atoms with Crippen molar-refractivity contribution in [2.45, 2.75) is 53.2 Å². The number of ether oxygens (including phenoxy) is 3. The van der Waals surface area contributed by atoms with Crippen LogP contribution in [0, 0.1) is 20.8 Å². The molecule has 3 amide bonds. The molecule has 9 nitrogen and oxygen atoms in total. The maximum Gasteiger partial charge on any atom is 0.411 e. The second-order valence-electron chi connectivity index (χ2n) is 10.9. The van der Waals surface area contributed by atoms with Crippen LogP contribution in [-0.2, 0) is 4.74 Å². The van der Waals surface area contributed by atoms with Gasteiger partial charge in [-0.15, -0.1) is 0 Å².